The summed E-state index contributed by atoms with van der Waals surface area (Å²) in [4.78, 5) is 11.1. The summed E-state index contributed by atoms with van der Waals surface area (Å²) in [6, 6.07) is 3.55. The van der Waals surface area contributed by atoms with Crippen LogP contribution < -0.4 is 0 Å². The number of hydrogen-bond acceptors (Lipinski definition) is 2. The minimum absolute atomic E-state index is 0.0130. The summed E-state index contributed by atoms with van der Waals surface area (Å²) in [6.45, 7) is 7.68. The van der Waals surface area contributed by atoms with Crippen molar-refractivity contribution in [3.8, 4) is 5.75 Å². The Morgan fingerprint density at radius 2 is 1.94 bits per heavy atom. The van der Waals surface area contributed by atoms with Crippen LogP contribution in [0.15, 0.2) is 12.1 Å². The molecule has 0 unspecified atom stereocenters. The quantitative estimate of drug-likeness (QED) is 0.826. The van der Waals surface area contributed by atoms with Gasteiger partial charge in [0.1, 0.15) is 11.3 Å². The maximum Gasteiger partial charge on any atom is 0.339 e. The van der Waals surface area contributed by atoms with E-state index in [9.17, 15) is 9.90 Å². The summed E-state index contributed by atoms with van der Waals surface area (Å²) in [7, 11) is 0. The average molecular weight is 222 g/mol. The van der Waals surface area contributed by atoms with E-state index in [0.717, 1.165) is 6.42 Å². The number of hydrogen-bond donors (Lipinski definition) is 2. The van der Waals surface area contributed by atoms with E-state index in [4.69, 9.17) is 5.11 Å². The van der Waals surface area contributed by atoms with Gasteiger partial charge in [-0.25, -0.2) is 4.79 Å². The van der Waals surface area contributed by atoms with E-state index in [2.05, 4.69) is 0 Å². The number of aryl methyl sites for hydroxylation is 1. The van der Waals surface area contributed by atoms with Crippen LogP contribution in [0.3, 0.4) is 0 Å². The molecule has 0 radical (unpaired) electrons. The molecule has 1 rings (SSSR count). The van der Waals surface area contributed by atoms with Gasteiger partial charge in [-0.15, -0.1) is 0 Å². The minimum Gasteiger partial charge on any atom is -0.507 e. The monoisotopic (exact) mass is 222 g/mol. The molecular weight excluding hydrogens is 204 g/mol. The molecule has 1 aromatic rings. The van der Waals surface area contributed by atoms with Gasteiger partial charge in [0.2, 0.25) is 0 Å². The van der Waals surface area contributed by atoms with Gasteiger partial charge < -0.3 is 10.2 Å². The molecule has 2 N–H and O–H groups in total. The van der Waals surface area contributed by atoms with Crippen LogP contribution in [0, 0.1) is 6.92 Å². The van der Waals surface area contributed by atoms with Crippen molar-refractivity contribution in [1.82, 2.24) is 0 Å². The maximum absolute atomic E-state index is 11.1. The van der Waals surface area contributed by atoms with Crippen molar-refractivity contribution in [2.75, 3.05) is 0 Å². The second-order valence-corrected chi connectivity index (χ2v) is 4.70. The van der Waals surface area contributed by atoms with Crippen molar-refractivity contribution in [3.63, 3.8) is 0 Å². The van der Waals surface area contributed by atoms with Gasteiger partial charge in [0.25, 0.3) is 0 Å². The van der Waals surface area contributed by atoms with Crippen LogP contribution in [0.1, 0.15) is 48.7 Å². The number of aromatic hydroxyl groups is 1. The first kappa shape index (κ1) is 12.6. The van der Waals surface area contributed by atoms with E-state index in [1.54, 1.807) is 19.1 Å². The smallest absolute Gasteiger partial charge is 0.339 e. The Kier molecular flexibility index (Phi) is 3.27. The van der Waals surface area contributed by atoms with Crippen molar-refractivity contribution in [1.29, 1.82) is 0 Å². The zero-order chi connectivity index (χ0) is 12.5. The van der Waals surface area contributed by atoms with Gasteiger partial charge in [-0.1, -0.05) is 32.9 Å². The number of carboxylic acid groups (broad SMARTS) is 1. The lowest BCUT2D eigenvalue weighted by Gasteiger charge is -2.25. The molecule has 1 aromatic carbocycles. The number of carbonyl (C=O) groups is 1. The Morgan fingerprint density at radius 3 is 2.38 bits per heavy atom. The summed E-state index contributed by atoms with van der Waals surface area (Å²) >= 11 is 0. The van der Waals surface area contributed by atoms with E-state index >= 15 is 0 Å². The first-order valence-electron chi connectivity index (χ1n) is 5.37. The zero-order valence-corrected chi connectivity index (χ0v) is 10.2. The summed E-state index contributed by atoms with van der Waals surface area (Å²) in [6.07, 6.45) is 0.836. The molecule has 3 heteroatoms. The Balaban J connectivity index is 3.46. The lowest BCUT2D eigenvalue weighted by Crippen LogP contribution is -2.17. The molecule has 88 valence electrons. The van der Waals surface area contributed by atoms with Gasteiger partial charge in [-0.05, 0) is 24.3 Å². The van der Waals surface area contributed by atoms with Crippen LogP contribution in [0.5, 0.6) is 5.75 Å². The van der Waals surface area contributed by atoms with Crippen LogP contribution >= 0.6 is 0 Å². The van der Waals surface area contributed by atoms with Crippen LogP contribution in [-0.4, -0.2) is 16.2 Å². The zero-order valence-electron chi connectivity index (χ0n) is 10.2. The molecule has 0 aliphatic carbocycles. The molecule has 0 atom stereocenters. The third-order valence-electron chi connectivity index (χ3n) is 3.21. The van der Waals surface area contributed by atoms with Crippen LogP contribution in [0.25, 0.3) is 0 Å². The standard InChI is InChI=1S/C13H18O3/c1-5-13(3,4)9-7-6-8(2)10(11(9)14)12(15)16/h6-7,14H,5H2,1-4H3,(H,15,16). The van der Waals surface area contributed by atoms with E-state index in [0.29, 0.717) is 11.1 Å². The van der Waals surface area contributed by atoms with Crippen LogP contribution in [0.4, 0.5) is 0 Å². The molecule has 0 aromatic heterocycles. The van der Waals surface area contributed by atoms with E-state index in [1.807, 2.05) is 20.8 Å². The highest BCUT2D eigenvalue weighted by molar-refractivity contribution is 5.93. The second kappa shape index (κ2) is 4.16. The fourth-order valence-electron chi connectivity index (χ4n) is 1.70. The van der Waals surface area contributed by atoms with Crippen molar-refractivity contribution in [2.45, 2.75) is 39.5 Å². The van der Waals surface area contributed by atoms with Gasteiger partial charge in [0, 0.05) is 5.56 Å². The maximum atomic E-state index is 11.1. The highest BCUT2D eigenvalue weighted by Crippen LogP contribution is 2.36. The molecule has 16 heavy (non-hydrogen) atoms. The van der Waals surface area contributed by atoms with Crippen molar-refractivity contribution in [3.05, 3.63) is 28.8 Å². The molecule has 0 aliphatic rings. The van der Waals surface area contributed by atoms with Crippen molar-refractivity contribution < 1.29 is 15.0 Å². The summed E-state index contributed by atoms with van der Waals surface area (Å²) in [5.74, 6) is -1.18. The first-order valence-corrected chi connectivity index (χ1v) is 5.37. The van der Waals surface area contributed by atoms with Gasteiger partial charge in [-0.3, -0.25) is 0 Å². The molecule has 0 fully saturated rings. The number of benzene rings is 1. The minimum atomic E-state index is -1.08. The SMILES string of the molecule is CCC(C)(C)c1ccc(C)c(C(=O)O)c1O. The number of carboxylic acids is 1. The number of aromatic carboxylic acids is 1. The van der Waals surface area contributed by atoms with Gasteiger partial charge in [-0.2, -0.15) is 0 Å². The highest BCUT2D eigenvalue weighted by Gasteiger charge is 2.26. The fraction of sp³-hybridized carbons (Fsp3) is 0.462. The molecule has 0 bridgehead atoms. The van der Waals surface area contributed by atoms with E-state index in [-0.39, 0.29) is 16.7 Å². The van der Waals surface area contributed by atoms with Gasteiger partial charge >= 0.3 is 5.97 Å². The lowest BCUT2D eigenvalue weighted by molar-refractivity contribution is 0.0692. The largest absolute Gasteiger partial charge is 0.507 e. The molecule has 0 heterocycles. The second-order valence-electron chi connectivity index (χ2n) is 4.70. The third kappa shape index (κ3) is 2.03. The topological polar surface area (TPSA) is 57.5 Å². The predicted molar refractivity (Wildman–Crippen MR) is 63.1 cm³/mol. The van der Waals surface area contributed by atoms with E-state index in [1.165, 1.54) is 0 Å². The fourth-order valence-corrected chi connectivity index (χ4v) is 1.70. The third-order valence-corrected chi connectivity index (χ3v) is 3.21. The highest BCUT2D eigenvalue weighted by atomic mass is 16.4. The first-order chi connectivity index (χ1) is 7.31. The Bertz CT molecular complexity index is 419. The van der Waals surface area contributed by atoms with Crippen molar-refractivity contribution >= 4 is 5.97 Å². The Hall–Kier alpha value is -1.51. The Morgan fingerprint density at radius 1 is 1.38 bits per heavy atom. The van der Waals surface area contributed by atoms with Crippen molar-refractivity contribution in [2.24, 2.45) is 0 Å². The molecule has 0 aliphatic heterocycles. The summed E-state index contributed by atoms with van der Waals surface area (Å²) < 4.78 is 0. The average Bonchev–Trinajstić information content (AvgIpc) is 2.16. The lowest BCUT2D eigenvalue weighted by atomic mass is 9.80. The predicted octanol–water partition coefficient (Wildman–Crippen LogP) is 3.09. The molecule has 0 saturated carbocycles. The van der Waals surface area contributed by atoms with Crippen LogP contribution in [0.2, 0.25) is 0 Å². The Labute approximate surface area is 95.7 Å². The number of phenols is 1. The van der Waals surface area contributed by atoms with Crippen LogP contribution in [-0.2, 0) is 5.41 Å². The summed E-state index contributed by atoms with van der Waals surface area (Å²) in [5, 5.41) is 19.1. The van der Waals surface area contributed by atoms with E-state index < -0.39 is 5.97 Å². The van der Waals surface area contributed by atoms with Gasteiger partial charge in [0.15, 0.2) is 0 Å². The normalized spacial score (nSPS) is 11.5. The molecule has 0 spiro atoms. The summed E-state index contributed by atoms with van der Waals surface area (Å²) in [5.41, 5.74) is 1.07. The van der Waals surface area contributed by atoms with Gasteiger partial charge in [0.05, 0.1) is 0 Å². The number of rotatable bonds is 3. The molecule has 0 amide bonds. The molecule has 3 nitrogen and oxygen atoms in total. The molecule has 0 saturated heterocycles. The molecular formula is C13H18O3.